The minimum absolute atomic E-state index is 0.0380. The third-order valence-electron chi connectivity index (χ3n) is 3.11. The number of hydrogen-bond acceptors (Lipinski definition) is 3. The Labute approximate surface area is 121 Å². The van der Waals surface area contributed by atoms with Crippen LogP contribution in [0, 0.1) is 5.82 Å². The van der Waals surface area contributed by atoms with Crippen molar-refractivity contribution in [2.75, 3.05) is 0 Å². The van der Waals surface area contributed by atoms with Gasteiger partial charge < -0.3 is 10.1 Å². The Morgan fingerprint density at radius 3 is 2.95 bits per heavy atom. The number of nitrogens with zero attached hydrogens (tertiary/aromatic N) is 1. The summed E-state index contributed by atoms with van der Waals surface area (Å²) >= 11 is 5.74. The van der Waals surface area contributed by atoms with E-state index in [2.05, 4.69) is 10.3 Å². The van der Waals surface area contributed by atoms with Crippen LogP contribution >= 0.6 is 11.6 Å². The number of hydrogen-bond donors (Lipinski definition) is 1. The van der Waals surface area contributed by atoms with E-state index in [4.69, 9.17) is 16.3 Å². The molecule has 0 aliphatic heterocycles. The second-order valence-electron chi connectivity index (χ2n) is 4.80. The van der Waals surface area contributed by atoms with Crippen LogP contribution in [0.5, 0.6) is 11.6 Å². The van der Waals surface area contributed by atoms with Crippen LogP contribution in [0.25, 0.3) is 0 Å². The van der Waals surface area contributed by atoms with Gasteiger partial charge in [0.05, 0.1) is 5.02 Å². The molecule has 0 atom stereocenters. The first-order valence-corrected chi connectivity index (χ1v) is 6.90. The van der Waals surface area contributed by atoms with Crippen LogP contribution in [0.2, 0.25) is 5.02 Å². The number of halogens is 2. The van der Waals surface area contributed by atoms with Crippen molar-refractivity contribution in [3.05, 3.63) is 52.9 Å². The second kappa shape index (κ2) is 5.77. The van der Waals surface area contributed by atoms with E-state index in [1.54, 1.807) is 6.20 Å². The molecule has 1 aliphatic carbocycles. The van der Waals surface area contributed by atoms with E-state index in [1.807, 2.05) is 12.1 Å². The van der Waals surface area contributed by atoms with Crippen LogP contribution in [0.4, 0.5) is 4.39 Å². The molecule has 1 saturated carbocycles. The predicted molar refractivity (Wildman–Crippen MR) is 75.6 cm³/mol. The normalized spacial score (nSPS) is 14.3. The lowest BCUT2D eigenvalue weighted by Gasteiger charge is -2.10. The molecule has 104 valence electrons. The predicted octanol–water partition coefficient (Wildman–Crippen LogP) is 3.92. The van der Waals surface area contributed by atoms with Gasteiger partial charge >= 0.3 is 0 Å². The van der Waals surface area contributed by atoms with Gasteiger partial charge in [-0.3, -0.25) is 0 Å². The van der Waals surface area contributed by atoms with Crippen LogP contribution in [0.3, 0.4) is 0 Å². The lowest BCUT2D eigenvalue weighted by atomic mass is 10.2. The summed E-state index contributed by atoms with van der Waals surface area (Å²) in [6.45, 7) is 0.711. The van der Waals surface area contributed by atoms with Crippen molar-refractivity contribution in [3.8, 4) is 11.6 Å². The Hall–Kier alpha value is -1.65. The molecule has 0 radical (unpaired) electrons. The third-order valence-corrected chi connectivity index (χ3v) is 3.40. The molecule has 3 nitrogen and oxygen atoms in total. The first-order valence-electron chi connectivity index (χ1n) is 6.52. The fraction of sp³-hybridized carbons (Fsp3) is 0.267. The zero-order chi connectivity index (χ0) is 13.9. The van der Waals surface area contributed by atoms with Crippen LogP contribution in [0.1, 0.15) is 18.4 Å². The summed E-state index contributed by atoms with van der Waals surface area (Å²) in [6, 6.07) is 8.71. The SMILES string of the molecule is Fc1ccc(Oc2ncccc2CNC2CC2)cc1Cl. The molecule has 20 heavy (non-hydrogen) atoms. The van der Waals surface area contributed by atoms with Gasteiger partial charge in [0.25, 0.3) is 0 Å². The summed E-state index contributed by atoms with van der Waals surface area (Å²) in [5, 5.41) is 3.45. The third kappa shape index (κ3) is 3.26. The van der Waals surface area contributed by atoms with Gasteiger partial charge in [0.1, 0.15) is 11.6 Å². The fourth-order valence-electron chi connectivity index (χ4n) is 1.84. The second-order valence-corrected chi connectivity index (χ2v) is 5.21. The zero-order valence-corrected chi connectivity index (χ0v) is 11.5. The van der Waals surface area contributed by atoms with Gasteiger partial charge in [0, 0.05) is 30.4 Å². The molecule has 0 bridgehead atoms. The number of rotatable bonds is 5. The highest BCUT2D eigenvalue weighted by Gasteiger charge is 2.20. The van der Waals surface area contributed by atoms with Gasteiger partial charge in [0.15, 0.2) is 0 Å². The maximum Gasteiger partial charge on any atom is 0.223 e. The smallest absolute Gasteiger partial charge is 0.223 e. The Balaban J connectivity index is 1.76. The van der Waals surface area contributed by atoms with Crippen LogP contribution in [-0.2, 0) is 6.54 Å². The Bertz CT molecular complexity index is 617. The van der Waals surface area contributed by atoms with E-state index in [0.717, 1.165) is 5.56 Å². The van der Waals surface area contributed by atoms with Crippen molar-refractivity contribution in [1.29, 1.82) is 0 Å². The molecule has 0 amide bonds. The Morgan fingerprint density at radius 2 is 2.20 bits per heavy atom. The quantitative estimate of drug-likeness (QED) is 0.907. The van der Waals surface area contributed by atoms with Crippen molar-refractivity contribution >= 4 is 11.6 Å². The molecule has 0 saturated heterocycles. The lowest BCUT2D eigenvalue weighted by Crippen LogP contribution is -2.16. The fourth-order valence-corrected chi connectivity index (χ4v) is 2.01. The van der Waals surface area contributed by atoms with Gasteiger partial charge in [-0.05, 0) is 31.0 Å². The first kappa shape index (κ1) is 13.3. The highest BCUT2D eigenvalue weighted by molar-refractivity contribution is 6.30. The van der Waals surface area contributed by atoms with E-state index in [-0.39, 0.29) is 5.02 Å². The van der Waals surface area contributed by atoms with Crippen molar-refractivity contribution in [2.45, 2.75) is 25.4 Å². The van der Waals surface area contributed by atoms with Crippen LogP contribution < -0.4 is 10.1 Å². The monoisotopic (exact) mass is 292 g/mol. The highest BCUT2D eigenvalue weighted by Crippen LogP contribution is 2.27. The standard InChI is InChI=1S/C15H14ClFN2O/c16-13-8-12(5-6-14(13)17)20-15-10(2-1-7-18-15)9-19-11-3-4-11/h1-2,5-8,11,19H,3-4,9H2. The van der Waals surface area contributed by atoms with Gasteiger partial charge in [-0.2, -0.15) is 0 Å². The van der Waals surface area contributed by atoms with Crippen molar-refractivity contribution in [1.82, 2.24) is 10.3 Å². The number of ether oxygens (including phenoxy) is 1. The Kier molecular flexibility index (Phi) is 3.85. The summed E-state index contributed by atoms with van der Waals surface area (Å²) in [6.07, 6.45) is 4.12. The number of nitrogens with one attached hydrogen (secondary N) is 1. The molecule has 5 heteroatoms. The molecule has 1 aliphatic rings. The molecule has 1 aromatic carbocycles. The molecule has 1 aromatic heterocycles. The van der Waals surface area contributed by atoms with Crippen LogP contribution in [0.15, 0.2) is 36.5 Å². The minimum atomic E-state index is -0.462. The molecule has 3 rings (SSSR count). The number of benzene rings is 1. The van der Waals surface area contributed by atoms with E-state index >= 15 is 0 Å². The molecule has 1 N–H and O–H groups in total. The van der Waals surface area contributed by atoms with Crippen molar-refractivity contribution in [2.24, 2.45) is 0 Å². The van der Waals surface area contributed by atoms with Gasteiger partial charge in [0.2, 0.25) is 5.88 Å². The molecular weight excluding hydrogens is 279 g/mol. The summed E-state index contributed by atoms with van der Waals surface area (Å²) in [5.74, 6) is 0.529. The van der Waals surface area contributed by atoms with Crippen LogP contribution in [-0.4, -0.2) is 11.0 Å². The average Bonchev–Trinajstić information content (AvgIpc) is 3.26. The minimum Gasteiger partial charge on any atom is -0.439 e. The summed E-state index contributed by atoms with van der Waals surface area (Å²) in [7, 11) is 0. The van der Waals surface area contributed by atoms with E-state index in [1.165, 1.54) is 31.0 Å². The molecule has 1 heterocycles. The molecule has 0 unspecified atom stereocenters. The highest BCUT2D eigenvalue weighted by atomic mass is 35.5. The topological polar surface area (TPSA) is 34.1 Å². The number of pyridine rings is 1. The summed E-state index contributed by atoms with van der Waals surface area (Å²) < 4.78 is 18.8. The van der Waals surface area contributed by atoms with Crippen molar-refractivity contribution in [3.63, 3.8) is 0 Å². The molecule has 1 fully saturated rings. The van der Waals surface area contributed by atoms with E-state index in [0.29, 0.717) is 24.2 Å². The maximum atomic E-state index is 13.1. The van der Waals surface area contributed by atoms with E-state index in [9.17, 15) is 4.39 Å². The summed E-state index contributed by atoms with van der Waals surface area (Å²) in [5.41, 5.74) is 0.972. The summed E-state index contributed by atoms with van der Waals surface area (Å²) in [4.78, 5) is 4.23. The maximum absolute atomic E-state index is 13.1. The Morgan fingerprint density at radius 1 is 1.35 bits per heavy atom. The van der Waals surface area contributed by atoms with Gasteiger partial charge in [-0.15, -0.1) is 0 Å². The molecule has 2 aromatic rings. The molecular formula is C15H14ClFN2O. The number of aromatic nitrogens is 1. The van der Waals surface area contributed by atoms with Crippen molar-refractivity contribution < 1.29 is 9.13 Å². The van der Waals surface area contributed by atoms with Gasteiger partial charge in [-0.1, -0.05) is 17.7 Å². The largest absolute Gasteiger partial charge is 0.439 e. The first-order chi connectivity index (χ1) is 9.72. The van der Waals surface area contributed by atoms with E-state index < -0.39 is 5.82 Å². The average molecular weight is 293 g/mol. The molecule has 0 spiro atoms. The zero-order valence-electron chi connectivity index (χ0n) is 10.8. The lowest BCUT2D eigenvalue weighted by molar-refractivity contribution is 0.451. The van der Waals surface area contributed by atoms with Gasteiger partial charge in [-0.25, -0.2) is 9.37 Å².